The van der Waals surface area contributed by atoms with Crippen molar-refractivity contribution in [2.24, 2.45) is 5.92 Å². The third kappa shape index (κ3) is 2.38. The van der Waals surface area contributed by atoms with Crippen molar-refractivity contribution in [1.82, 2.24) is 0 Å². The number of benzene rings is 1. The Bertz CT molecular complexity index is 328. The van der Waals surface area contributed by atoms with E-state index in [1.54, 1.807) is 0 Å². The van der Waals surface area contributed by atoms with E-state index in [2.05, 4.69) is 0 Å². The van der Waals surface area contributed by atoms with Crippen LogP contribution in [0.25, 0.3) is 0 Å². The normalized spacial score (nSPS) is 17.9. The smallest absolute Gasteiger partial charge is 0.309 e. The molecule has 0 saturated heterocycles. The van der Waals surface area contributed by atoms with E-state index in [9.17, 15) is 4.79 Å². The summed E-state index contributed by atoms with van der Waals surface area (Å²) in [7, 11) is 0. The molecule has 2 heteroatoms. The zero-order chi connectivity index (χ0) is 10.7. The predicted octanol–water partition coefficient (Wildman–Crippen LogP) is 3.09. The first kappa shape index (κ1) is 10.2. The zero-order valence-corrected chi connectivity index (χ0v) is 8.98. The van der Waals surface area contributed by atoms with Crippen molar-refractivity contribution in [2.75, 3.05) is 0 Å². The van der Waals surface area contributed by atoms with Crippen LogP contribution in [0.1, 0.15) is 37.9 Å². The van der Waals surface area contributed by atoms with Gasteiger partial charge in [-0.1, -0.05) is 36.8 Å². The van der Waals surface area contributed by atoms with E-state index in [4.69, 9.17) is 4.74 Å². The topological polar surface area (TPSA) is 26.3 Å². The van der Waals surface area contributed by atoms with Crippen LogP contribution in [0, 0.1) is 5.92 Å². The van der Waals surface area contributed by atoms with Crippen LogP contribution in [0.2, 0.25) is 0 Å². The Kier molecular flexibility index (Phi) is 3.05. The molecule has 0 spiro atoms. The summed E-state index contributed by atoms with van der Waals surface area (Å²) in [6.45, 7) is 1.92. The third-order valence-corrected chi connectivity index (χ3v) is 3.00. The molecule has 1 aliphatic rings. The van der Waals surface area contributed by atoms with Gasteiger partial charge >= 0.3 is 5.97 Å². The van der Waals surface area contributed by atoms with Crippen LogP contribution in [-0.2, 0) is 9.53 Å². The molecule has 1 saturated carbocycles. The maximum Gasteiger partial charge on any atom is 0.309 e. The van der Waals surface area contributed by atoms with Gasteiger partial charge in [-0.25, -0.2) is 0 Å². The largest absolute Gasteiger partial charge is 0.458 e. The first-order valence-corrected chi connectivity index (χ1v) is 5.53. The minimum Gasteiger partial charge on any atom is -0.458 e. The molecule has 0 heterocycles. The summed E-state index contributed by atoms with van der Waals surface area (Å²) < 4.78 is 5.40. The Morgan fingerprint density at radius 2 is 2.00 bits per heavy atom. The molecule has 1 aromatic carbocycles. The second kappa shape index (κ2) is 4.47. The molecule has 1 fully saturated rings. The monoisotopic (exact) mass is 204 g/mol. The van der Waals surface area contributed by atoms with E-state index in [1.165, 1.54) is 6.42 Å². The predicted molar refractivity (Wildman–Crippen MR) is 58.3 cm³/mol. The maximum atomic E-state index is 11.6. The van der Waals surface area contributed by atoms with Crippen LogP contribution >= 0.6 is 0 Å². The second-order valence-electron chi connectivity index (χ2n) is 4.12. The molecule has 0 radical (unpaired) electrons. The molecule has 2 rings (SSSR count). The standard InChI is InChI=1S/C13H16O2/c1-10(11-6-3-2-4-7-11)15-13(14)12-8-5-9-12/h2-4,6-7,10,12H,5,8-9H2,1H3. The SMILES string of the molecule is CC(OC(=O)C1CCC1)c1ccccc1. The van der Waals surface area contributed by atoms with Gasteiger partial charge in [-0.15, -0.1) is 0 Å². The lowest BCUT2D eigenvalue weighted by molar-refractivity contribution is -0.156. The van der Waals surface area contributed by atoms with E-state index in [1.807, 2.05) is 37.3 Å². The molecule has 1 unspecified atom stereocenters. The fourth-order valence-corrected chi connectivity index (χ4v) is 1.71. The molecule has 80 valence electrons. The van der Waals surface area contributed by atoms with Gasteiger partial charge in [-0.2, -0.15) is 0 Å². The van der Waals surface area contributed by atoms with E-state index in [0.717, 1.165) is 18.4 Å². The average Bonchev–Trinajstić information content (AvgIpc) is 2.16. The molecule has 1 atom stereocenters. The minimum atomic E-state index is -0.126. The number of carbonyl (C=O) groups excluding carboxylic acids is 1. The maximum absolute atomic E-state index is 11.6. The molecule has 0 amide bonds. The van der Waals surface area contributed by atoms with Crippen LogP contribution in [0.3, 0.4) is 0 Å². The van der Waals surface area contributed by atoms with Crippen molar-refractivity contribution < 1.29 is 9.53 Å². The van der Waals surface area contributed by atoms with E-state index < -0.39 is 0 Å². The number of ether oxygens (including phenoxy) is 1. The molecule has 1 aromatic rings. The van der Waals surface area contributed by atoms with Crippen LogP contribution in [-0.4, -0.2) is 5.97 Å². The average molecular weight is 204 g/mol. The van der Waals surface area contributed by atoms with Crippen LogP contribution < -0.4 is 0 Å². The number of rotatable bonds is 3. The molecular weight excluding hydrogens is 188 g/mol. The number of carbonyl (C=O) groups is 1. The summed E-state index contributed by atoms with van der Waals surface area (Å²) in [6.07, 6.45) is 3.04. The lowest BCUT2D eigenvalue weighted by atomic mass is 9.85. The molecule has 0 aromatic heterocycles. The van der Waals surface area contributed by atoms with Gasteiger partial charge in [0.05, 0.1) is 5.92 Å². The van der Waals surface area contributed by atoms with Crippen molar-refractivity contribution in [3.63, 3.8) is 0 Å². The fraction of sp³-hybridized carbons (Fsp3) is 0.462. The highest BCUT2D eigenvalue weighted by molar-refractivity contribution is 5.73. The van der Waals surface area contributed by atoms with Crippen LogP contribution in [0.4, 0.5) is 0 Å². The summed E-state index contributed by atoms with van der Waals surface area (Å²) in [5.74, 6) is 0.133. The van der Waals surface area contributed by atoms with Gasteiger partial charge < -0.3 is 4.74 Å². The van der Waals surface area contributed by atoms with Gasteiger partial charge in [-0.3, -0.25) is 4.79 Å². The summed E-state index contributed by atoms with van der Waals surface area (Å²) in [6, 6.07) is 9.85. The first-order valence-electron chi connectivity index (χ1n) is 5.53. The Hall–Kier alpha value is -1.31. The summed E-state index contributed by atoms with van der Waals surface area (Å²) in [5.41, 5.74) is 1.06. The Balaban J connectivity index is 1.91. The molecule has 0 bridgehead atoms. The summed E-state index contributed by atoms with van der Waals surface area (Å²) in [5, 5.41) is 0. The highest BCUT2D eigenvalue weighted by Crippen LogP contribution is 2.29. The quantitative estimate of drug-likeness (QED) is 0.707. The molecular formula is C13H16O2. The number of esters is 1. The second-order valence-corrected chi connectivity index (χ2v) is 4.12. The van der Waals surface area contributed by atoms with Gasteiger partial charge in [0.15, 0.2) is 0 Å². The van der Waals surface area contributed by atoms with Crippen LogP contribution in [0.15, 0.2) is 30.3 Å². The van der Waals surface area contributed by atoms with E-state index >= 15 is 0 Å². The number of hydrogen-bond acceptors (Lipinski definition) is 2. The molecule has 2 nitrogen and oxygen atoms in total. The third-order valence-electron chi connectivity index (χ3n) is 3.00. The zero-order valence-electron chi connectivity index (χ0n) is 8.98. The Morgan fingerprint density at radius 1 is 1.33 bits per heavy atom. The molecule has 1 aliphatic carbocycles. The van der Waals surface area contributed by atoms with Gasteiger partial charge in [0.2, 0.25) is 0 Å². The highest BCUT2D eigenvalue weighted by atomic mass is 16.5. The minimum absolute atomic E-state index is 0.0300. The van der Waals surface area contributed by atoms with Gasteiger partial charge in [0.25, 0.3) is 0 Å². The highest BCUT2D eigenvalue weighted by Gasteiger charge is 2.27. The summed E-state index contributed by atoms with van der Waals surface area (Å²) in [4.78, 5) is 11.6. The van der Waals surface area contributed by atoms with Crippen molar-refractivity contribution in [2.45, 2.75) is 32.3 Å². The van der Waals surface area contributed by atoms with Crippen molar-refractivity contribution in [3.05, 3.63) is 35.9 Å². The molecule has 15 heavy (non-hydrogen) atoms. The van der Waals surface area contributed by atoms with Gasteiger partial charge in [0.1, 0.15) is 6.10 Å². The van der Waals surface area contributed by atoms with Crippen molar-refractivity contribution in [3.8, 4) is 0 Å². The Morgan fingerprint density at radius 3 is 2.53 bits per heavy atom. The van der Waals surface area contributed by atoms with E-state index in [-0.39, 0.29) is 18.0 Å². The first-order chi connectivity index (χ1) is 7.27. The number of hydrogen-bond donors (Lipinski definition) is 0. The lowest BCUT2D eigenvalue weighted by Gasteiger charge is -2.25. The van der Waals surface area contributed by atoms with E-state index in [0.29, 0.717) is 0 Å². The van der Waals surface area contributed by atoms with Crippen molar-refractivity contribution >= 4 is 5.97 Å². The Labute approximate surface area is 90.3 Å². The lowest BCUT2D eigenvalue weighted by Crippen LogP contribution is -2.25. The van der Waals surface area contributed by atoms with Gasteiger partial charge in [0, 0.05) is 0 Å². The molecule has 0 N–H and O–H groups in total. The fourth-order valence-electron chi connectivity index (χ4n) is 1.71. The van der Waals surface area contributed by atoms with Gasteiger partial charge in [-0.05, 0) is 25.3 Å². The van der Waals surface area contributed by atoms with Crippen LogP contribution in [0.5, 0.6) is 0 Å². The molecule has 0 aliphatic heterocycles. The van der Waals surface area contributed by atoms with Crippen molar-refractivity contribution in [1.29, 1.82) is 0 Å². The summed E-state index contributed by atoms with van der Waals surface area (Å²) >= 11 is 0.